The minimum atomic E-state index is -0.557. The Labute approximate surface area is 140 Å². The molecule has 0 saturated carbocycles. The molecule has 0 nitrogen and oxygen atoms in total. The van der Waals surface area contributed by atoms with Crippen LogP contribution in [0.25, 0.3) is 0 Å². The van der Waals surface area contributed by atoms with Crippen molar-refractivity contribution < 1.29 is 8.78 Å². The molecule has 0 saturated heterocycles. The van der Waals surface area contributed by atoms with Gasteiger partial charge in [0.25, 0.3) is 0 Å². The van der Waals surface area contributed by atoms with Crippen molar-refractivity contribution in [1.29, 1.82) is 0 Å². The molecule has 0 radical (unpaired) electrons. The van der Waals surface area contributed by atoms with Gasteiger partial charge < -0.3 is 0 Å². The fourth-order valence-corrected chi connectivity index (χ4v) is 3.34. The molecule has 0 aliphatic heterocycles. The molecule has 0 aliphatic carbocycles. The highest BCUT2D eigenvalue weighted by atomic mass is 79.9. The van der Waals surface area contributed by atoms with E-state index >= 15 is 0 Å². The van der Waals surface area contributed by atoms with Gasteiger partial charge in [-0.3, -0.25) is 0 Å². The summed E-state index contributed by atoms with van der Waals surface area (Å²) >= 11 is 6.49. The first-order chi connectivity index (χ1) is 10.0. The lowest BCUT2D eigenvalue weighted by atomic mass is 10.0. The van der Waals surface area contributed by atoms with Gasteiger partial charge >= 0.3 is 0 Å². The number of benzene rings is 2. The Morgan fingerprint density at radius 3 is 2.14 bits per heavy atom. The average molecular weight is 418 g/mol. The van der Waals surface area contributed by atoms with Crippen LogP contribution in [0.4, 0.5) is 8.78 Å². The third kappa shape index (κ3) is 4.13. The third-order valence-electron chi connectivity index (χ3n) is 3.39. The summed E-state index contributed by atoms with van der Waals surface area (Å²) in [5.41, 5.74) is 2.13. The number of hydrogen-bond acceptors (Lipinski definition) is 0. The predicted molar refractivity (Wildman–Crippen MR) is 89.9 cm³/mol. The number of hydrogen-bond donors (Lipinski definition) is 0. The van der Waals surface area contributed by atoms with E-state index in [0.717, 1.165) is 24.8 Å². The lowest BCUT2D eigenvalue weighted by Crippen LogP contribution is -2.01. The van der Waals surface area contributed by atoms with Crippen molar-refractivity contribution in [3.05, 3.63) is 69.2 Å². The molecule has 0 amide bonds. The van der Waals surface area contributed by atoms with Crippen LogP contribution in [-0.2, 0) is 6.42 Å². The van der Waals surface area contributed by atoms with E-state index in [1.165, 1.54) is 17.7 Å². The minimum absolute atomic E-state index is 0.0412. The van der Waals surface area contributed by atoms with Gasteiger partial charge in [0.05, 0.1) is 4.83 Å². The topological polar surface area (TPSA) is 0 Å². The Balaban J connectivity index is 2.26. The normalized spacial score (nSPS) is 12.4. The van der Waals surface area contributed by atoms with E-state index in [-0.39, 0.29) is 5.56 Å². The van der Waals surface area contributed by atoms with Crippen LogP contribution >= 0.6 is 31.9 Å². The largest absolute Gasteiger partial charge is 0.206 e. The molecule has 0 aliphatic rings. The van der Waals surface area contributed by atoms with Gasteiger partial charge in [-0.1, -0.05) is 69.5 Å². The molecule has 2 aromatic rings. The van der Waals surface area contributed by atoms with E-state index in [9.17, 15) is 8.78 Å². The van der Waals surface area contributed by atoms with Crippen molar-refractivity contribution in [2.45, 2.75) is 31.0 Å². The zero-order valence-corrected chi connectivity index (χ0v) is 14.8. The lowest BCUT2D eigenvalue weighted by molar-refractivity contribution is 0.559. The fourth-order valence-electron chi connectivity index (χ4n) is 2.20. The quantitative estimate of drug-likeness (QED) is 0.483. The molecule has 1 unspecified atom stereocenters. The van der Waals surface area contributed by atoms with Gasteiger partial charge in [-0.2, -0.15) is 0 Å². The molecule has 0 fully saturated rings. The fraction of sp³-hybridized carbons (Fsp3) is 0.294. The molecule has 112 valence electrons. The van der Waals surface area contributed by atoms with Gasteiger partial charge in [0.2, 0.25) is 0 Å². The second-order valence-electron chi connectivity index (χ2n) is 4.99. The summed E-state index contributed by atoms with van der Waals surface area (Å²) in [4.78, 5) is -0.495. The van der Waals surface area contributed by atoms with Crippen LogP contribution in [0.3, 0.4) is 0 Å². The lowest BCUT2D eigenvalue weighted by Gasteiger charge is -2.14. The van der Waals surface area contributed by atoms with E-state index in [1.54, 1.807) is 0 Å². The van der Waals surface area contributed by atoms with Crippen molar-refractivity contribution in [3.8, 4) is 0 Å². The van der Waals surface area contributed by atoms with Gasteiger partial charge in [0, 0.05) is 10.0 Å². The van der Waals surface area contributed by atoms with Crippen molar-refractivity contribution in [3.63, 3.8) is 0 Å². The summed E-state index contributed by atoms with van der Waals surface area (Å²) in [6.07, 6.45) is 3.33. The summed E-state index contributed by atoms with van der Waals surface area (Å²) in [5, 5.41) is 0. The number of halogens is 4. The van der Waals surface area contributed by atoms with Crippen LogP contribution in [0.5, 0.6) is 0 Å². The van der Waals surface area contributed by atoms with Crippen LogP contribution in [0.15, 0.2) is 40.9 Å². The Bertz CT molecular complexity index is 586. The number of rotatable bonds is 5. The molecular weight excluding hydrogens is 402 g/mol. The first-order valence-electron chi connectivity index (χ1n) is 6.90. The Morgan fingerprint density at radius 1 is 1.05 bits per heavy atom. The zero-order valence-electron chi connectivity index (χ0n) is 11.7. The molecule has 0 bridgehead atoms. The number of unbranched alkanes of at least 4 members (excludes halogenated alkanes) is 1. The molecular formula is C17H16Br2F2. The van der Waals surface area contributed by atoms with Crippen molar-refractivity contribution >= 4 is 31.9 Å². The Kier molecular flexibility index (Phi) is 5.94. The van der Waals surface area contributed by atoms with E-state index in [2.05, 4.69) is 38.8 Å². The van der Waals surface area contributed by atoms with E-state index in [1.807, 2.05) is 24.3 Å². The molecule has 2 rings (SSSR count). The number of aryl methyl sites for hydroxylation is 1. The molecule has 2 aromatic carbocycles. The van der Waals surface area contributed by atoms with Gasteiger partial charge in [-0.25, -0.2) is 8.78 Å². The van der Waals surface area contributed by atoms with E-state index in [0.29, 0.717) is 4.47 Å². The van der Waals surface area contributed by atoms with Gasteiger partial charge in [0.15, 0.2) is 0 Å². The van der Waals surface area contributed by atoms with E-state index in [4.69, 9.17) is 0 Å². The molecule has 0 heterocycles. The molecule has 0 N–H and O–H groups in total. The van der Waals surface area contributed by atoms with Gasteiger partial charge in [-0.15, -0.1) is 0 Å². The second-order valence-corrected chi connectivity index (χ2v) is 6.82. The van der Waals surface area contributed by atoms with Crippen LogP contribution < -0.4 is 0 Å². The summed E-state index contributed by atoms with van der Waals surface area (Å²) < 4.78 is 28.4. The molecule has 4 heteroatoms. The molecule has 21 heavy (non-hydrogen) atoms. The van der Waals surface area contributed by atoms with Gasteiger partial charge in [0.1, 0.15) is 11.6 Å². The summed E-state index contributed by atoms with van der Waals surface area (Å²) in [5.74, 6) is -1.11. The molecule has 0 aromatic heterocycles. The van der Waals surface area contributed by atoms with Crippen LogP contribution in [0.2, 0.25) is 0 Å². The summed E-state index contributed by atoms with van der Waals surface area (Å²) in [6.45, 7) is 2.15. The van der Waals surface area contributed by atoms with Gasteiger partial charge in [-0.05, 0) is 36.1 Å². The maximum atomic E-state index is 14.0. The highest BCUT2D eigenvalue weighted by molar-refractivity contribution is 9.10. The monoisotopic (exact) mass is 416 g/mol. The van der Waals surface area contributed by atoms with Crippen molar-refractivity contribution in [2.75, 3.05) is 0 Å². The van der Waals surface area contributed by atoms with Crippen LogP contribution in [-0.4, -0.2) is 0 Å². The second kappa shape index (κ2) is 7.50. The predicted octanol–water partition coefficient (Wildman–Crippen LogP) is 6.55. The van der Waals surface area contributed by atoms with Crippen LogP contribution in [0.1, 0.15) is 41.3 Å². The first-order valence-corrected chi connectivity index (χ1v) is 8.61. The zero-order chi connectivity index (χ0) is 15.4. The Morgan fingerprint density at radius 2 is 1.62 bits per heavy atom. The standard InChI is InChI=1S/C17H16Br2F2/c1-2-3-4-11-5-7-12(8-6-11)17(19)16-14(20)9-13(18)10-15(16)21/h5-10,17H,2-4H2,1H3. The summed E-state index contributed by atoms with van der Waals surface area (Å²) in [6, 6.07) is 10.4. The maximum Gasteiger partial charge on any atom is 0.131 e. The highest BCUT2D eigenvalue weighted by Gasteiger charge is 2.20. The Hall–Kier alpha value is -0.740. The SMILES string of the molecule is CCCCc1ccc(C(Br)c2c(F)cc(Br)cc2F)cc1. The number of alkyl halides is 1. The smallest absolute Gasteiger partial charge is 0.131 e. The summed E-state index contributed by atoms with van der Waals surface area (Å²) in [7, 11) is 0. The van der Waals surface area contributed by atoms with Crippen molar-refractivity contribution in [1.82, 2.24) is 0 Å². The maximum absolute atomic E-state index is 14.0. The highest BCUT2D eigenvalue weighted by Crippen LogP contribution is 2.35. The molecule has 1 atom stereocenters. The molecule has 0 spiro atoms. The van der Waals surface area contributed by atoms with E-state index < -0.39 is 16.5 Å². The van der Waals surface area contributed by atoms with Crippen molar-refractivity contribution in [2.24, 2.45) is 0 Å². The third-order valence-corrected chi connectivity index (χ3v) is 4.83. The minimum Gasteiger partial charge on any atom is -0.206 e. The average Bonchev–Trinajstić information content (AvgIpc) is 2.44. The first kappa shape index (κ1) is 16.6. The van der Waals surface area contributed by atoms with Crippen LogP contribution in [0, 0.1) is 11.6 Å².